The Balaban J connectivity index is 2.10. The van der Waals surface area contributed by atoms with Gasteiger partial charge in [-0.25, -0.2) is 9.59 Å². The fourth-order valence-corrected chi connectivity index (χ4v) is 3.87. The van der Waals surface area contributed by atoms with E-state index in [1.807, 2.05) is 0 Å². The maximum atomic E-state index is 12.6. The third-order valence-corrected chi connectivity index (χ3v) is 5.01. The second-order valence-electron chi connectivity index (χ2n) is 5.09. The number of hydrogen-bond donors (Lipinski definition) is 1. The van der Waals surface area contributed by atoms with Gasteiger partial charge in [-0.05, 0) is 0 Å². The van der Waals surface area contributed by atoms with Crippen LogP contribution in [0.15, 0.2) is 0 Å². The molecule has 2 saturated heterocycles. The van der Waals surface area contributed by atoms with Gasteiger partial charge in [-0.3, -0.25) is 4.79 Å². The minimum absolute atomic E-state index is 0.227. The maximum Gasteiger partial charge on any atom is 0.339 e. The zero-order chi connectivity index (χ0) is 16.1. The zero-order valence-corrected chi connectivity index (χ0v) is 13.5. The first kappa shape index (κ1) is 17.0. The smallest absolute Gasteiger partial charge is 0.339 e. The van der Waals surface area contributed by atoms with E-state index in [0.29, 0.717) is 19.0 Å². The number of nitrogens with one attached hydrogen (secondary N) is 1. The summed E-state index contributed by atoms with van der Waals surface area (Å²) in [5.41, 5.74) is 0. The van der Waals surface area contributed by atoms with Crippen LogP contribution in [0.3, 0.4) is 0 Å². The predicted molar refractivity (Wildman–Crippen MR) is 77.3 cm³/mol. The molecular formula is C13H21N2O6S+. The van der Waals surface area contributed by atoms with E-state index >= 15 is 0 Å². The van der Waals surface area contributed by atoms with Crippen molar-refractivity contribution in [1.29, 1.82) is 0 Å². The van der Waals surface area contributed by atoms with Crippen LogP contribution in [0.1, 0.15) is 0 Å². The Labute approximate surface area is 133 Å². The topological polar surface area (TPSA) is 86.6 Å². The molecule has 1 amide bonds. The molecule has 0 aliphatic carbocycles. The van der Waals surface area contributed by atoms with E-state index < -0.39 is 23.4 Å². The molecule has 0 bridgehead atoms. The summed E-state index contributed by atoms with van der Waals surface area (Å²) in [5, 5.41) is -0.790. The largest absolute Gasteiger partial charge is 0.467 e. The molecule has 0 saturated carbocycles. The molecular weight excluding hydrogens is 312 g/mol. The number of quaternary nitrogens is 1. The number of ether oxygens (including phenoxy) is 3. The Morgan fingerprint density at radius 2 is 1.82 bits per heavy atom. The van der Waals surface area contributed by atoms with E-state index in [-0.39, 0.29) is 12.5 Å². The molecule has 0 unspecified atom stereocenters. The van der Waals surface area contributed by atoms with Crippen molar-refractivity contribution < 1.29 is 33.5 Å². The van der Waals surface area contributed by atoms with Crippen LogP contribution < -0.4 is 4.90 Å². The van der Waals surface area contributed by atoms with E-state index in [1.165, 1.54) is 30.9 Å². The quantitative estimate of drug-likeness (QED) is 0.570. The van der Waals surface area contributed by atoms with Crippen LogP contribution >= 0.6 is 11.8 Å². The highest BCUT2D eigenvalue weighted by Gasteiger charge is 2.47. The fourth-order valence-electron chi connectivity index (χ4n) is 2.55. The second kappa shape index (κ2) is 7.80. The third kappa shape index (κ3) is 3.71. The molecule has 2 atom stereocenters. The lowest BCUT2D eigenvalue weighted by atomic mass is 10.2. The Bertz CT molecular complexity index is 416. The lowest BCUT2D eigenvalue weighted by Gasteiger charge is -2.29. The van der Waals surface area contributed by atoms with Crippen LogP contribution in [0.5, 0.6) is 0 Å². The van der Waals surface area contributed by atoms with Gasteiger partial charge in [0.25, 0.3) is 5.91 Å². The molecule has 22 heavy (non-hydrogen) atoms. The monoisotopic (exact) mass is 333 g/mol. The molecule has 2 fully saturated rings. The molecule has 0 aromatic heterocycles. The van der Waals surface area contributed by atoms with Crippen molar-refractivity contribution in [3.8, 4) is 0 Å². The van der Waals surface area contributed by atoms with Crippen molar-refractivity contribution in [1.82, 2.24) is 4.90 Å². The maximum absolute atomic E-state index is 12.6. The number of carbonyl (C=O) groups is 3. The number of rotatable bonds is 4. The summed E-state index contributed by atoms with van der Waals surface area (Å²) in [6.07, 6.45) is 0. The molecule has 9 heteroatoms. The van der Waals surface area contributed by atoms with E-state index in [4.69, 9.17) is 14.2 Å². The molecule has 124 valence electrons. The number of methoxy groups -OCH3 is 2. The van der Waals surface area contributed by atoms with Gasteiger partial charge in [-0.1, -0.05) is 0 Å². The average molecular weight is 333 g/mol. The van der Waals surface area contributed by atoms with Gasteiger partial charge in [0.2, 0.25) is 0 Å². The second-order valence-corrected chi connectivity index (χ2v) is 6.20. The van der Waals surface area contributed by atoms with Crippen LogP contribution in [0, 0.1) is 0 Å². The standard InChI is InChI=1S/C13H20N2O6S/c1-19-12(17)9-8-22-11(13(18)20-2)15(9)10(16)7-14-3-5-21-6-4-14/h9,11H,3-8H2,1-2H3/p+1/t9-,11+/m0/s1. The minimum Gasteiger partial charge on any atom is -0.467 e. The first-order valence-corrected chi connectivity index (χ1v) is 8.13. The van der Waals surface area contributed by atoms with Crippen LogP contribution in [-0.4, -0.2) is 87.0 Å². The van der Waals surface area contributed by atoms with Gasteiger partial charge in [-0.2, -0.15) is 0 Å². The highest BCUT2D eigenvalue weighted by atomic mass is 32.2. The normalized spacial score (nSPS) is 25.8. The van der Waals surface area contributed by atoms with Crippen LogP contribution in [0.2, 0.25) is 0 Å². The SMILES string of the molecule is COC(=O)[C@H]1SC[C@@H](C(=O)OC)N1C(=O)C[NH+]1CCOCC1. The highest BCUT2D eigenvalue weighted by Crippen LogP contribution is 2.30. The molecule has 1 N–H and O–H groups in total. The summed E-state index contributed by atoms with van der Waals surface area (Å²) >= 11 is 1.22. The lowest BCUT2D eigenvalue weighted by molar-refractivity contribution is -0.900. The van der Waals surface area contributed by atoms with Gasteiger partial charge in [0.05, 0.1) is 27.4 Å². The molecule has 8 nitrogen and oxygen atoms in total. The number of esters is 2. The summed E-state index contributed by atoms with van der Waals surface area (Å²) in [6.45, 7) is 2.92. The van der Waals surface area contributed by atoms with Gasteiger partial charge in [-0.15, -0.1) is 11.8 Å². The van der Waals surface area contributed by atoms with Gasteiger partial charge >= 0.3 is 11.9 Å². The van der Waals surface area contributed by atoms with E-state index in [2.05, 4.69) is 0 Å². The van der Waals surface area contributed by atoms with Crippen molar-refractivity contribution in [3.63, 3.8) is 0 Å². The first-order valence-electron chi connectivity index (χ1n) is 7.08. The Morgan fingerprint density at radius 1 is 1.18 bits per heavy atom. The Morgan fingerprint density at radius 3 is 2.41 bits per heavy atom. The average Bonchev–Trinajstić information content (AvgIpc) is 2.99. The number of nitrogens with zero attached hydrogens (tertiary/aromatic N) is 1. The van der Waals surface area contributed by atoms with Crippen LogP contribution in [0.4, 0.5) is 0 Å². The van der Waals surface area contributed by atoms with Gasteiger partial charge in [0, 0.05) is 5.75 Å². The van der Waals surface area contributed by atoms with Crippen molar-refractivity contribution in [3.05, 3.63) is 0 Å². The van der Waals surface area contributed by atoms with Crippen molar-refractivity contribution >= 4 is 29.6 Å². The molecule has 0 aromatic rings. The predicted octanol–water partition coefficient (Wildman–Crippen LogP) is -2.48. The number of amides is 1. The summed E-state index contributed by atoms with van der Waals surface area (Å²) in [6, 6.07) is -0.743. The number of morpholine rings is 1. The Kier molecular flexibility index (Phi) is 6.04. The summed E-state index contributed by atoms with van der Waals surface area (Å²) in [7, 11) is 2.54. The van der Waals surface area contributed by atoms with Gasteiger partial charge in [0.1, 0.15) is 19.1 Å². The van der Waals surface area contributed by atoms with Crippen LogP contribution in [0.25, 0.3) is 0 Å². The first-order chi connectivity index (χ1) is 10.6. The molecule has 2 aliphatic rings. The fraction of sp³-hybridized carbons (Fsp3) is 0.769. The van der Waals surface area contributed by atoms with Crippen molar-refractivity contribution in [2.24, 2.45) is 0 Å². The van der Waals surface area contributed by atoms with Crippen LogP contribution in [-0.2, 0) is 28.6 Å². The molecule has 2 rings (SSSR count). The number of hydrogen-bond acceptors (Lipinski definition) is 7. The third-order valence-electron chi connectivity index (χ3n) is 3.77. The number of thioether (sulfide) groups is 1. The van der Waals surface area contributed by atoms with Crippen molar-refractivity contribution in [2.75, 3.05) is 52.8 Å². The lowest BCUT2D eigenvalue weighted by Crippen LogP contribution is -3.15. The molecule has 0 aromatic carbocycles. The molecule has 2 aliphatic heterocycles. The summed E-state index contributed by atoms with van der Waals surface area (Å²) < 4.78 is 14.7. The van der Waals surface area contributed by atoms with E-state index in [9.17, 15) is 14.4 Å². The van der Waals surface area contributed by atoms with Gasteiger partial charge < -0.3 is 24.0 Å². The van der Waals surface area contributed by atoms with Gasteiger partial charge in [0.15, 0.2) is 11.9 Å². The minimum atomic E-state index is -0.790. The summed E-state index contributed by atoms with van der Waals surface area (Å²) in [5.74, 6) is -0.949. The molecule has 0 spiro atoms. The highest BCUT2D eigenvalue weighted by molar-refractivity contribution is 8.00. The summed E-state index contributed by atoms with van der Waals surface area (Å²) in [4.78, 5) is 38.7. The van der Waals surface area contributed by atoms with Crippen molar-refractivity contribution in [2.45, 2.75) is 11.4 Å². The molecule has 2 heterocycles. The Hall–Kier alpha value is -1.32. The van der Waals surface area contributed by atoms with E-state index in [1.54, 1.807) is 0 Å². The van der Waals surface area contributed by atoms with E-state index in [0.717, 1.165) is 18.0 Å². The zero-order valence-electron chi connectivity index (χ0n) is 12.7. The number of carbonyl (C=O) groups excluding carboxylic acids is 3. The molecule has 0 radical (unpaired) electrons.